The van der Waals surface area contributed by atoms with Gasteiger partial charge in [0.2, 0.25) is 10.0 Å². The summed E-state index contributed by atoms with van der Waals surface area (Å²) in [6, 6.07) is 12.6. The maximum Gasteiger partial charge on any atom is 0.337 e. The number of furan rings is 1. The molecule has 8 nitrogen and oxygen atoms in total. The van der Waals surface area contributed by atoms with Gasteiger partial charge in [-0.05, 0) is 37.3 Å². The van der Waals surface area contributed by atoms with E-state index in [4.69, 9.17) is 14.3 Å². The molecule has 0 saturated heterocycles. The summed E-state index contributed by atoms with van der Waals surface area (Å²) in [6.45, 7) is 2.10. The van der Waals surface area contributed by atoms with E-state index in [-0.39, 0.29) is 23.5 Å². The van der Waals surface area contributed by atoms with Gasteiger partial charge in [-0.15, -0.1) is 0 Å². The second kappa shape index (κ2) is 7.75. The fourth-order valence-electron chi connectivity index (χ4n) is 2.51. The lowest BCUT2D eigenvalue weighted by atomic mass is 10.1. The molecule has 9 heteroatoms. The Balaban J connectivity index is 2.05. The molecule has 3 aromatic rings. The Morgan fingerprint density at radius 3 is 2.50 bits per heavy atom. The topological polar surface area (TPSA) is 132 Å². The van der Waals surface area contributed by atoms with E-state index in [2.05, 4.69) is 5.32 Å². The molecule has 4 N–H and O–H groups in total. The minimum Gasteiger partial charge on any atom is -0.478 e. The molecule has 0 aliphatic heterocycles. The molecule has 0 fully saturated rings. The van der Waals surface area contributed by atoms with Gasteiger partial charge < -0.3 is 19.6 Å². The predicted molar refractivity (Wildman–Crippen MR) is 102 cm³/mol. The number of nitrogens with one attached hydrogen (secondary N) is 1. The van der Waals surface area contributed by atoms with Crippen molar-refractivity contribution in [3.63, 3.8) is 0 Å². The van der Waals surface area contributed by atoms with Crippen molar-refractivity contribution in [2.45, 2.75) is 18.4 Å². The summed E-state index contributed by atoms with van der Waals surface area (Å²) in [5.74, 6) is -0.435. The zero-order chi connectivity index (χ0) is 20.3. The number of carboxylic acid groups (broad SMARTS) is 1. The first-order valence-corrected chi connectivity index (χ1v) is 9.73. The molecule has 28 heavy (non-hydrogen) atoms. The maximum atomic E-state index is 12.0. The second-order valence-electron chi connectivity index (χ2n) is 6.04. The number of primary sulfonamides is 1. The van der Waals surface area contributed by atoms with Crippen molar-refractivity contribution in [3.8, 4) is 11.5 Å². The van der Waals surface area contributed by atoms with Crippen LogP contribution in [0.2, 0.25) is 0 Å². The van der Waals surface area contributed by atoms with E-state index >= 15 is 0 Å². The summed E-state index contributed by atoms with van der Waals surface area (Å²) < 4.78 is 34.9. The van der Waals surface area contributed by atoms with Gasteiger partial charge in [0.1, 0.15) is 22.2 Å². The van der Waals surface area contributed by atoms with E-state index in [9.17, 15) is 18.3 Å². The number of carbonyl (C=O) groups is 1. The fraction of sp³-hybridized carbons (Fsp3) is 0.105. The molecule has 0 bridgehead atoms. The average molecular weight is 402 g/mol. The molecule has 1 heterocycles. The van der Waals surface area contributed by atoms with Crippen molar-refractivity contribution in [2.24, 2.45) is 5.14 Å². The minimum absolute atomic E-state index is 0.0849. The Morgan fingerprint density at radius 1 is 1.21 bits per heavy atom. The lowest BCUT2D eigenvalue weighted by Crippen LogP contribution is -2.16. The lowest BCUT2D eigenvalue weighted by Gasteiger charge is -2.15. The molecule has 3 rings (SSSR count). The van der Waals surface area contributed by atoms with Crippen LogP contribution in [-0.4, -0.2) is 19.5 Å². The number of carboxylic acids is 1. The van der Waals surface area contributed by atoms with Crippen molar-refractivity contribution in [2.75, 3.05) is 5.32 Å². The monoisotopic (exact) mass is 402 g/mol. The molecule has 0 radical (unpaired) electrons. The van der Waals surface area contributed by atoms with Gasteiger partial charge in [0.05, 0.1) is 24.1 Å². The van der Waals surface area contributed by atoms with Crippen LogP contribution in [0.3, 0.4) is 0 Å². The molecular weight excluding hydrogens is 384 g/mol. The largest absolute Gasteiger partial charge is 0.478 e. The Morgan fingerprint density at radius 2 is 1.93 bits per heavy atom. The summed E-state index contributed by atoms with van der Waals surface area (Å²) in [4.78, 5) is 11.2. The number of rotatable bonds is 7. The Hall–Kier alpha value is -3.30. The van der Waals surface area contributed by atoms with Crippen LogP contribution >= 0.6 is 0 Å². The number of sulfonamides is 1. The lowest BCUT2D eigenvalue weighted by molar-refractivity contribution is 0.0697. The van der Waals surface area contributed by atoms with Gasteiger partial charge >= 0.3 is 5.97 Å². The first-order valence-electron chi connectivity index (χ1n) is 8.19. The molecule has 1 aromatic heterocycles. The second-order valence-corrected chi connectivity index (χ2v) is 7.57. The smallest absolute Gasteiger partial charge is 0.337 e. The van der Waals surface area contributed by atoms with Gasteiger partial charge in [0, 0.05) is 6.07 Å². The standard InChI is InChI=1S/C19H18N2O6S/c1-12-4-6-13(7-5-12)27-17-10-16(21-11-14-3-2-8-26-14)15(19(22)23)9-18(17)28(20,24)25/h2-10,21H,11H2,1H3,(H,22,23)(H2,20,24,25). The third-order valence-electron chi connectivity index (χ3n) is 3.90. The first-order chi connectivity index (χ1) is 13.2. The van der Waals surface area contributed by atoms with Gasteiger partial charge in [-0.2, -0.15) is 0 Å². The fourth-order valence-corrected chi connectivity index (χ4v) is 3.18. The SMILES string of the molecule is Cc1ccc(Oc2cc(NCc3ccco3)c(C(=O)O)cc2S(N)(=O)=O)cc1. The minimum atomic E-state index is -4.23. The number of nitrogens with two attached hydrogens (primary N) is 1. The number of aryl methyl sites for hydroxylation is 1. The van der Waals surface area contributed by atoms with E-state index in [0.717, 1.165) is 11.6 Å². The summed E-state index contributed by atoms with van der Waals surface area (Å²) in [6.07, 6.45) is 1.49. The van der Waals surface area contributed by atoms with Crippen molar-refractivity contribution < 1.29 is 27.5 Å². The van der Waals surface area contributed by atoms with Crippen LogP contribution in [0.4, 0.5) is 5.69 Å². The van der Waals surface area contributed by atoms with E-state index in [1.165, 1.54) is 12.3 Å². The summed E-state index contributed by atoms with van der Waals surface area (Å²) in [7, 11) is -4.23. The number of aromatic carboxylic acids is 1. The maximum absolute atomic E-state index is 12.0. The van der Waals surface area contributed by atoms with Gasteiger partial charge in [-0.25, -0.2) is 18.4 Å². The summed E-state index contributed by atoms with van der Waals surface area (Å²) >= 11 is 0. The Kier molecular flexibility index (Phi) is 5.39. The number of hydrogen-bond donors (Lipinski definition) is 3. The zero-order valence-electron chi connectivity index (χ0n) is 14.9. The molecule has 0 aliphatic carbocycles. The molecule has 0 atom stereocenters. The zero-order valence-corrected chi connectivity index (χ0v) is 15.7. The average Bonchev–Trinajstić information content (AvgIpc) is 3.14. The molecular formula is C19H18N2O6S. The van der Waals surface area contributed by atoms with E-state index in [1.54, 1.807) is 36.4 Å². The van der Waals surface area contributed by atoms with Crippen molar-refractivity contribution in [3.05, 3.63) is 71.7 Å². The van der Waals surface area contributed by atoms with Crippen LogP contribution in [0.5, 0.6) is 11.5 Å². The predicted octanol–water partition coefficient (Wildman–Crippen LogP) is 3.34. The van der Waals surface area contributed by atoms with Crippen LogP contribution in [-0.2, 0) is 16.6 Å². The van der Waals surface area contributed by atoms with Crippen molar-refractivity contribution in [1.29, 1.82) is 0 Å². The highest BCUT2D eigenvalue weighted by atomic mass is 32.2. The molecule has 0 amide bonds. The first kappa shape index (κ1) is 19.5. The van der Waals surface area contributed by atoms with E-state index in [1.807, 2.05) is 6.92 Å². The molecule has 0 saturated carbocycles. The molecule has 2 aromatic carbocycles. The third kappa shape index (κ3) is 4.51. The number of anilines is 1. The summed E-state index contributed by atoms with van der Waals surface area (Å²) in [5.41, 5.74) is 0.909. The highest BCUT2D eigenvalue weighted by molar-refractivity contribution is 7.89. The van der Waals surface area contributed by atoms with E-state index < -0.39 is 20.9 Å². The van der Waals surface area contributed by atoms with E-state index in [0.29, 0.717) is 11.5 Å². The van der Waals surface area contributed by atoms with Crippen LogP contribution < -0.4 is 15.2 Å². The van der Waals surface area contributed by atoms with Gasteiger partial charge in [0.25, 0.3) is 0 Å². The summed E-state index contributed by atoms with van der Waals surface area (Å²) in [5, 5.41) is 17.7. The number of hydrogen-bond acceptors (Lipinski definition) is 6. The highest BCUT2D eigenvalue weighted by Crippen LogP contribution is 2.34. The number of ether oxygens (including phenoxy) is 1. The van der Waals surface area contributed by atoms with Gasteiger partial charge in [-0.3, -0.25) is 0 Å². The Labute approximate surface area is 161 Å². The molecule has 0 aliphatic rings. The van der Waals surface area contributed by atoms with Crippen LogP contribution in [0, 0.1) is 6.92 Å². The number of benzene rings is 2. The highest BCUT2D eigenvalue weighted by Gasteiger charge is 2.23. The molecule has 146 valence electrons. The van der Waals surface area contributed by atoms with Crippen molar-refractivity contribution in [1.82, 2.24) is 0 Å². The molecule has 0 spiro atoms. The van der Waals surface area contributed by atoms with Crippen molar-refractivity contribution >= 4 is 21.7 Å². The van der Waals surface area contributed by atoms with Crippen LogP contribution in [0.25, 0.3) is 0 Å². The van der Waals surface area contributed by atoms with Gasteiger partial charge in [-0.1, -0.05) is 17.7 Å². The normalized spacial score (nSPS) is 11.2. The quantitative estimate of drug-likeness (QED) is 0.552. The van der Waals surface area contributed by atoms with Crippen LogP contribution in [0.1, 0.15) is 21.7 Å². The van der Waals surface area contributed by atoms with Crippen LogP contribution in [0.15, 0.2) is 64.1 Å². The molecule has 0 unspecified atom stereocenters. The van der Waals surface area contributed by atoms with Gasteiger partial charge in [0.15, 0.2) is 0 Å². The Bertz CT molecular complexity index is 1090. The third-order valence-corrected chi connectivity index (χ3v) is 4.83.